The highest BCUT2D eigenvalue weighted by molar-refractivity contribution is 5.92. The molecule has 2 amide bonds. The van der Waals surface area contributed by atoms with Crippen LogP contribution in [0.2, 0.25) is 0 Å². The minimum Gasteiger partial charge on any atom is -0.493 e. The number of carbonyl (C=O) groups excluding carboxylic acids is 1. The normalized spacial score (nSPS) is 15.0. The first-order valence-corrected chi connectivity index (χ1v) is 10.3. The van der Waals surface area contributed by atoms with Crippen LogP contribution >= 0.6 is 0 Å². The van der Waals surface area contributed by atoms with E-state index in [9.17, 15) is 4.79 Å². The van der Waals surface area contributed by atoms with E-state index in [1.54, 1.807) is 40.6 Å². The van der Waals surface area contributed by atoms with Crippen molar-refractivity contribution in [2.24, 2.45) is 0 Å². The van der Waals surface area contributed by atoms with Gasteiger partial charge in [0.25, 0.3) is 0 Å². The predicted octanol–water partition coefficient (Wildman–Crippen LogP) is 4.16. The summed E-state index contributed by atoms with van der Waals surface area (Å²) in [5, 5.41) is 3.00. The minimum absolute atomic E-state index is 0.233. The first kappa shape index (κ1) is 21.4. The zero-order valence-electron chi connectivity index (χ0n) is 18.6. The van der Waals surface area contributed by atoms with Crippen LogP contribution in [0.25, 0.3) is 0 Å². The maximum atomic E-state index is 13.5. The zero-order valence-corrected chi connectivity index (χ0v) is 18.6. The second-order valence-corrected chi connectivity index (χ2v) is 7.31. The molecule has 4 rings (SSSR count). The van der Waals surface area contributed by atoms with Gasteiger partial charge in [0.1, 0.15) is 0 Å². The lowest BCUT2D eigenvalue weighted by molar-refractivity contribution is 0.181. The third kappa shape index (κ3) is 3.79. The quantitative estimate of drug-likeness (QED) is 0.627. The van der Waals surface area contributed by atoms with E-state index in [2.05, 4.69) is 9.88 Å². The number of hydrogen-bond donors (Lipinski definition) is 1. The smallest absolute Gasteiger partial charge is 0.322 e. The maximum Gasteiger partial charge on any atom is 0.322 e. The fourth-order valence-electron chi connectivity index (χ4n) is 4.15. The van der Waals surface area contributed by atoms with E-state index in [-0.39, 0.29) is 12.1 Å². The zero-order chi connectivity index (χ0) is 22.7. The van der Waals surface area contributed by atoms with Crippen molar-refractivity contribution in [2.45, 2.75) is 12.6 Å². The summed E-state index contributed by atoms with van der Waals surface area (Å²) in [6.45, 7) is 1.24. The molecule has 1 aromatic heterocycles. The Morgan fingerprint density at radius 3 is 2.38 bits per heavy atom. The molecule has 2 aromatic carbocycles. The van der Waals surface area contributed by atoms with E-state index < -0.39 is 0 Å². The van der Waals surface area contributed by atoms with Crippen LogP contribution in [0, 0.1) is 0 Å². The number of rotatable bonds is 6. The largest absolute Gasteiger partial charge is 0.493 e. The van der Waals surface area contributed by atoms with E-state index in [0.29, 0.717) is 41.8 Å². The molecule has 0 saturated heterocycles. The van der Waals surface area contributed by atoms with Crippen molar-refractivity contribution in [3.63, 3.8) is 0 Å². The first-order chi connectivity index (χ1) is 15.6. The topological polar surface area (TPSA) is 74.2 Å². The van der Waals surface area contributed by atoms with Gasteiger partial charge in [0.05, 0.1) is 40.2 Å². The number of urea groups is 1. The molecule has 1 N–H and O–H groups in total. The molecule has 1 unspecified atom stereocenters. The van der Waals surface area contributed by atoms with E-state index in [1.165, 1.54) is 0 Å². The number of aromatic nitrogens is 1. The van der Waals surface area contributed by atoms with Crippen molar-refractivity contribution in [2.75, 3.05) is 40.3 Å². The Hall–Kier alpha value is -3.81. The summed E-state index contributed by atoms with van der Waals surface area (Å²) in [6.07, 6.45) is 2.03. The number of carbonyl (C=O) groups is 1. The van der Waals surface area contributed by atoms with Gasteiger partial charge in [-0.1, -0.05) is 12.1 Å². The Labute approximate surface area is 187 Å². The van der Waals surface area contributed by atoms with Gasteiger partial charge in [-0.15, -0.1) is 0 Å². The third-order valence-electron chi connectivity index (χ3n) is 5.67. The summed E-state index contributed by atoms with van der Waals surface area (Å²) in [6, 6.07) is 14.6. The van der Waals surface area contributed by atoms with Crippen LogP contribution in [0.4, 0.5) is 10.5 Å². The Morgan fingerprint density at radius 1 is 0.875 bits per heavy atom. The van der Waals surface area contributed by atoms with Gasteiger partial charge in [-0.25, -0.2) is 4.79 Å². The monoisotopic (exact) mass is 437 g/mol. The molecule has 1 aliphatic rings. The standard InChI is InChI=1S/C24H27N3O5/c1-29-19-11-10-16(15-21(19)31-3)22-18-8-6-12-26(18)13-14-27(22)24(28)25-17-7-5-9-20(30-2)23(17)32-4/h5-12,15,22H,13-14H2,1-4H3,(H,25,28). The van der Waals surface area contributed by atoms with Crippen molar-refractivity contribution < 1.29 is 23.7 Å². The van der Waals surface area contributed by atoms with Crippen molar-refractivity contribution in [1.29, 1.82) is 0 Å². The van der Waals surface area contributed by atoms with E-state index in [1.807, 2.05) is 47.5 Å². The molecule has 0 saturated carbocycles. The average Bonchev–Trinajstić information content (AvgIpc) is 3.31. The number of nitrogens with one attached hydrogen (secondary N) is 1. The second-order valence-electron chi connectivity index (χ2n) is 7.31. The van der Waals surface area contributed by atoms with Crippen molar-refractivity contribution >= 4 is 11.7 Å². The lowest BCUT2D eigenvalue weighted by Gasteiger charge is -2.37. The Kier molecular flexibility index (Phi) is 6.11. The SMILES string of the molecule is COc1ccc(C2c3cccn3CCN2C(=O)Nc2cccc(OC)c2OC)cc1OC. The number of ether oxygens (including phenoxy) is 4. The van der Waals surface area contributed by atoms with Crippen LogP contribution in [0.5, 0.6) is 23.0 Å². The molecule has 32 heavy (non-hydrogen) atoms. The highest BCUT2D eigenvalue weighted by Crippen LogP contribution is 2.39. The molecule has 0 bridgehead atoms. The summed E-state index contributed by atoms with van der Waals surface area (Å²) in [5.41, 5.74) is 2.50. The number of anilines is 1. The number of hydrogen-bond acceptors (Lipinski definition) is 5. The van der Waals surface area contributed by atoms with Crippen molar-refractivity contribution in [3.8, 4) is 23.0 Å². The van der Waals surface area contributed by atoms with E-state index in [4.69, 9.17) is 18.9 Å². The van der Waals surface area contributed by atoms with Gasteiger partial charge in [-0.2, -0.15) is 0 Å². The van der Waals surface area contributed by atoms with Gasteiger partial charge in [-0.05, 0) is 42.0 Å². The summed E-state index contributed by atoms with van der Waals surface area (Å²) in [7, 11) is 6.32. The molecule has 1 aliphatic heterocycles. The number of methoxy groups -OCH3 is 4. The van der Waals surface area contributed by atoms with Crippen LogP contribution in [-0.2, 0) is 6.54 Å². The Balaban J connectivity index is 1.71. The summed E-state index contributed by atoms with van der Waals surface area (Å²) in [4.78, 5) is 15.3. The summed E-state index contributed by atoms with van der Waals surface area (Å²) in [5.74, 6) is 2.28. The molecule has 0 radical (unpaired) electrons. The van der Waals surface area contributed by atoms with Crippen LogP contribution in [0.15, 0.2) is 54.7 Å². The van der Waals surface area contributed by atoms with Gasteiger partial charge in [0.15, 0.2) is 23.0 Å². The van der Waals surface area contributed by atoms with Crippen molar-refractivity contribution in [3.05, 3.63) is 66.0 Å². The van der Waals surface area contributed by atoms with Gasteiger partial charge >= 0.3 is 6.03 Å². The average molecular weight is 437 g/mol. The van der Waals surface area contributed by atoms with Crippen LogP contribution in [0.1, 0.15) is 17.3 Å². The summed E-state index contributed by atoms with van der Waals surface area (Å²) >= 11 is 0. The molecule has 2 heterocycles. The van der Waals surface area contributed by atoms with Gasteiger partial charge in [0.2, 0.25) is 0 Å². The lowest BCUT2D eigenvalue weighted by atomic mass is 9.99. The van der Waals surface area contributed by atoms with E-state index in [0.717, 1.165) is 11.3 Å². The maximum absolute atomic E-state index is 13.5. The molecule has 0 spiro atoms. The number of para-hydroxylation sites is 1. The molecule has 0 fully saturated rings. The fourth-order valence-corrected chi connectivity index (χ4v) is 4.15. The molecular formula is C24H27N3O5. The highest BCUT2D eigenvalue weighted by Gasteiger charge is 2.33. The van der Waals surface area contributed by atoms with Gasteiger partial charge in [0, 0.05) is 25.0 Å². The number of nitrogens with zero attached hydrogens (tertiary/aromatic N) is 2. The van der Waals surface area contributed by atoms with Gasteiger partial charge in [-0.3, -0.25) is 0 Å². The molecule has 1 atom stereocenters. The van der Waals surface area contributed by atoms with Crippen LogP contribution in [-0.4, -0.2) is 50.5 Å². The number of fused-ring (bicyclic) bond motifs is 1. The van der Waals surface area contributed by atoms with Gasteiger partial charge < -0.3 is 33.7 Å². The molecular weight excluding hydrogens is 410 g/mol. The molecule has 3 aromatic rings. The molecule has 168 valence electrons. The minimum atomic E-state index is -0.296. The summed E-state index contributed by atoms with van der Waals surface area (Å²) < 4.78 is 23.9. The van der Waals surface area contributed by atoms with Crippen LogP contribution < -0.4 is 24.3 Å². The number of amides is 2. The van der Waals surface area contributed by atoms with Crippen molar-refractivity contribution in [1.82, 2.24) is 9.47 Å². The number of benzene rings is 2. The molecule has 8 heteroatoms. The first-order valence-electron chi connectivity index (χ1n) is 10.3. The van der Waals surface area contributed by atoms with Crippen LogP contribution in [0.3, 0.4) is 0 Å². The lowest BCUT2D eigenvalue weighted by Crippen LogP contribution is -2.44. The molecule has 8 nitrogen and oxygen atoms in total. The predicted molar refractivity (Wildman–Crippen MR) is 121 cm³/mol. The third-order valence-corrected chi connectivity index (χ3v) is 5.67. The molecule has 0 aliphatic carbocycles. The Bertz CT molecular complexity index is 1110. The Morgan fingerprint density at radius 2 is 1.66 bits per heavy atom. The highest BCUT2D eigenvalue weighted by atomic mass is 16.5. The van der Waals surface area contributed by atoms with E-state index >= 15 is 0 Å². The fraction of sp³-hybridized carbons (Fsp3) is 0.292. The second kappa shape index (κ2) is 9.13.